The minimum Gasteiger partial charge on any atom is -0.325 e. The third-order valence-corrected chi connectivity index (χ3v) is 8.99. The highest BCUT2D eigenvalue weighted by atomic mass is 35.5. The largest absolute Gasteiger partial charge is 0.325 e. The maximum atomic E-state index is 13.3. The van der Waals surface area contributed by atoms with Crippen molar-refractivity contribution in [3.8, 4) is 0 Å². The van der Waals surface area contributed by atoms with Crippen molar-refractivity contribution >= 4 is 44.6 Å². The predicted octanol–water partition coefficient (Wildman–Crippen LogP) is 5.87. The number of nitrogens with one attached hydrogen (secondary N) is 2. The number of sulfonamides is 1. The Bertz CT molecular complexity index is 1490. The summed E-state index contributed by atoms with van der Waals surface area (Å²) in [5.41, 5.74) is 4.15. The van der Waals surface area contributed by atoms with E-state index in [1.807, 2.05) is 55.5 Å². The second-order valence-electron chi connectivity index (χ2n) is 10.0. The third kappa shape index (κ3) is 6.25. The quantitative estimate of drug-likeness (QED) is 0.318. The van der Waals surface area contributed by atoms with Crippen LogP contribution in [0.3, 0.4) is 0 Å². The summed E-state index contributed by atoms with van der Waals surface area (Å²) in [6.45, 7) is 5.20. The lowest BCUT2D eigenvalue weighted by Gasteiger charge is -2.26. The Hall–Kier alpha value is -3.04. The molecule has 0 aliphatic carbocycles. The highest BCUT2D eigenvalue weighted by molar-refractivity contribution is 7.89. The molecule has 1 unspecified atom stereocenters. The van der Waals surface area contributed by atoms with Gasteiger partial charge in [0.05, 0.1) is 16.3 Å². The van der Waals surface area contributed by atoms with E-state index in [1.54, 1.807) is 12.1 Å². The second-order valence-corrected chi connectivity index (χ2v) is 12.2. The van der Waals surface area contributed by atoms with Crippen molar-refractivity contribution in [2.24, 2.45) is 4.99 Å². The number of amides is 1. The number of benzene rings is 3. The summed E-state index contributed by atoms with van der Waals surface area (Å²) in [6, 6.07) is 20.0. The Morgan fingerprint density at radius 1 is 1.05 bits per heavy atom. The molecule has 2 aliphatic heterocycles. The lowest BCUT2D eigenvalue weighted by molar-refractivity contribution is -0.115. The van der Waals surface area contributed by atoms with Crippen molar-refractivity contribution in [1.29, 1.82) is 0 Å². The molecule has 0 aromatic heterocycles. The topological polar surface area (TPSA) is 90.9 Å². The van der Waals surface area contributed by atoms with Crippen LogP contribution in [0.5, 0.6) is 0 Å². The van der Waals surface area contributed by atoms with Crippen LogP contribution < -0.4 is 10.0 Å². The van der Waals surface area contributed by atoms with Gasteiger partial charge in [0, 0.05) is 23.8 Å². The van der Waals surface area contributed by atoms with Gasteiger partial charge in [-0.15, -0.1) is 0 Å². The van der Waals surface area contributed by atoms with E-state index in [9.17, 15) is 13.2 Å². The number of aliphatic imine (C=N–C) groups is 1. The molecule has 3 aromatic rings. The Morgan fingerprint density at radius 2 is 1.82 bits per heavy atom. The van der Waals surface area contributed by atoms with Crippen LogP contribution in [0.15, 0.2) is 76.6 Å². The molecule has 39 heavy (non-hydrogen) atoms. The van der Waals surface area contributed by atoms with Gasteiger partial charge in [0.15, 0.2) is 0 Å². The molecule has 9 heteroatoms. The maximum absolute atomic E-state index is 13.3. The fourth-order valence-electron chi connectivity index (χ4n) is 5.13. The van der Waals surface area contributed by atoms with Crippen LogP contribution >= 0.6 is 11.6 Å². The lowest BCUT2D eigenvalue weighted by Crippen LogP contribution is -2.29. The summed E-state index contributed by atoms with van der Waals surface area (Å²) in [6.07, 6.45) is 4.38. The average Bonchev–Trinajstić information content (AvgIpc) is 3.28. The zero-order chi connectivity index (χ0) is 27.4. The van der Waals surface area contributed by atoms with E-state index in [-0.39, 0.29) is 10.8 Å². The SMILES string of the molecule is CCCNS(=O)(=O)c1ccc2c(c1)C(C(=Nc1ccc(CN3CCCCC3)c(Cl)c1)c1ccccc1)C(=O)N2. The second kappa shape index (κ2) is 12.0. The normalized spacial score (nSPS) is 18.2. The summed E-state index contributed by atoms with van der Waals surface area (Å²) in [5.74, 6) is -1.04. The average molecular weight is 565 g/mol. The van der Waals surface area contributed by atoms with Crippen molar-refractivity contribution < 1.29 is 13.2 Å². The van der Waals surface area contributed by atoms with Crippen LogP contribution in [0.1, 0.15) is 55.2 Å². The van der Waals surface area contributed by atoms with Crippen LogP contribution in [0.25, 0.3) is 0 Å². The molecule has 2 aliphatic rings. The Morgan fingerprint density at radius 3 is 2.54 bits per heavy atom. The fraction of sp³-hybridized carbons (Fsp3) is 0.333. The molecule has 7 nitrogen and oxygen atoms in total. The van der Waals surface area contributed by atoms with Crippen LogP contribution in [0.4, 0.5) is 11.4 Å². The van der Waals surface area contributed by atoms with Gasteiger partial charge in [-0.2, -0.15) is 0 Å². The molecule has 1 saturated heterocycles. The van der Waals surface area contributed by atoms with E-state index in [0.29, 0.717) is 40.6 Å². The summed E-state index contributed by atoms with van der Waals surface area (Å²) < 4.78 is 28.3. The first-order chi connectivity index (χ1) is 18.9. The maximum Gasteiger partial charge on any atom is 0.240 e. The summed E-state index contributed by atoms with van der Waals surface area (Å²) in [7, 11) is -3.71. The fourth-order valence-corrected chi connectivity index (χ4v) is 6.54. The predicted molar refractivity (Wildman–Crippen MR) is 157 cm³/mol. The van der Waals surface area contributed by atoms with E-state index < -0.39 is 15.9 Å². The zero-order valence-corrected chi connectivity index (χ0v) is 23.6. The number of likely N-dealkylation sites (tertiary alicyclic amines) is 1. The number of hydrogen-bond donors (Lipinski definition) is 2. The number of rotatable bonds is 9. The molecule has 5 rings (SSSR count). The van der Waals surface area contributed by atoms with Gasteiger partial charge in [0.1, 0.15) is 5.92 Å². The summed E-state index contributed by atoms with van der Waals surface area (Å²) in [4.78, 5) is 20.8. The van der Waals surface area contributed by atoms with Gasteiger partial charge in [0.25, 0.3) is 0 Å². The molecular weight excluding hydrogens is 532 g/mol. The number of fused-ring (bicyclic) bond motifs is 1. The van der Waals surface area contributed by atoms with Gasteiger partial charge >= 0.3 is 0 Å². The minimum atomic E-state index is -3.71. The minimum absolute atomic E-state index is 0.119. The molecule has 3 aromatic carbocycles. The molecule has 0 saturated carbocycles. The molecule has 1 atom stereocenters. The first-order valence-electron chi connectivity index (χ1n) is 13.4. The summed E-state index contributed by atoms with van der Waals surface area (Å²) in [5, 5.41) is 3.54. The molecule has 1 amide bonds. The molecule has 0 bridgehead atoms. The highest BCUT2D eigenvalue weighted by Crippen LogP contribution is 2.38. The van der Waals surface area contributed by atoms with Gasteiger partial charge in [-0.1, -0.05) is 61.3 Å². The number of halogens is 1. The zero-order valence-electron chi connectivity index (χ0n) is 22.0. The lowest BCUT2D eigenvalue weighted by atomic mass is 9.90. The smallest absolute Gasteiger partial charge is 0.240 e. The summed E-state index contributed by atoms with van der Waals surface area (Å²) >= 11 is 6.71. The van der Waals surface area contributed by atoms with Crippen molar-refractivity contribution in [2.45, 2.75) is 50.0 Å². The van der Waals surface area contributed by atoms with E-state index in [2.05, 4.69) is 14.9 Å². The van der Waals surface area contributed by atoms with Crippen molar-refractivity contribution in [3.05, 3.63) is 88.4 Å². The van der Waals surface area contributed by atoms with Crippen molar-refractivity contribution in [2.75, 3.05) is 25.0 Å². The highest BCUT2D eigenvalue weighted by Gasteiger charge is 2.36. The Kier molecular flexibility index (Phi) is 8.47. The standard InChI is InChI=1S/C30H33ClN4O3S/c1-2-15-32-39(37,38)24-13-14-27-25(19-24)28(30(36)34-27)29(21-9-5-3-6-10-21)33-23-12-11-22(26(31)18-23)20-35-16-7-4-8-17-35/h3,5-6,9-14,18-19,28,32H,2,4,7-8,15-17,20H2,1H3,(H,34,36). The van der Waals surface area contributed by atoms with Gasteiger partial charge in [-0.05, 0) is 79.4 Å². The number of carbonyl (C=O) groups excluding carboxylic acids is 1. The van der Waals surface area contributed by atoms with Gasteiger partial charge < -0.3 is 5.32 Å². The van der Waals surface area contributed by atoms with Crippen LogP contribution in [0, 0.1) is 0 Å². The Balaban J connectivity index is 1.53. The Labute approximate surface area is 235 Å². The van der Waals surface area contributed by atoms with E-state index in [4.69, 9.17) is 16.6 Å². The molecule has 1 fully saturated rings. The number of piperidine rings is 1. The van der Waals surface area contributed by atoms with Gasteiger partial charge in [-0.3, -0.25) is 14.7 Å². The first kappa shape index (κ1) is 27.5. The van der Waals surface area contributed by atoms with Crippen molar-refractivity contribution in [3.63, 3.8) is 0 Å². The molecule has 2 N–H and O–H groups in total. The molecule has 0 radical (unpaired) electrons. The first-order valence-corrected chi connectivity index (χ1v) is 15.3. The van der Waals surface area contributed by atoms with Crippen LogP contribution in [-0.2, 0) is 21.4 Å². The van der Waals surface area contributed by atoms with E-state index in [0.717, 1.165) is 30.8 Å². The molecule has 0 spiro atoms. The van der Waals surface area contributed by atoms with Gasteiger partial charge in [0.2, 0.25) is 15.9 Å². The van der Waals surface area contributed by atoms with Crippen LogP contribution in [-0.4, -0.2) is 44.6 Å². The monoisotopic (exact) mass is 564 g/mol. The molecular formula is C30H33ClN4O3S. The number of hydrogen-bond acceptors (Lipinski definition) is 5. The third-order valence-electron chi connectivity index (χ3n) is 7.18. The van der Waals surface area contributed by atoms with E-state index in [1.165, 1.54) is 25.3 Å². The number of nitrogens with zero attached hydrogens (tertiary/aromatic N) is 2. The molecule has 204 valence electrons. The number of carbonyl (C=O) groups is 1. The van der Waals surface area contributed by atoms with Gasteiger partial charge in [-0.25, -0.2) is 13.1 Å². The van der Waals surface area contributed by atoms with Crippen molar-refractivity contribution in [1.82, 2.24) is 9.62 Å². The van der Waals surface area contributed by atoms with E-state index >= 15 is 0 Å². The number of anilines is 1. The molecule has 2 heterocycles. The van der Waals surface area contributed by atoms with Crippen LogP contribution in [0.2, 0.25) is 5.02 Å².